The minimum Gasteiger partial charge on any atom is -0.472 e. The highest BCUT2D eigenvalue weighted by atomic mass is 19.4. The number of likely N-dealkylation sites (N-methyl/N-ethyl adjacent to an activating group) is 1. The van der Waals surface area contributed by atoms with Crippen LogP contribution in [0.4, 0.5) is 13.2 Å². The molecule has 138 valence electrons. The Bertz CT molecular complexity index is 807. The van der Waals surface area contributed by atoms with E-state index in [0.29, 0.717) is 11.1 Å². The molecule has 0 saturated carbocycles. The maximum absolute atomic E-state index is 13.0. The molecule has 1 N–H and O–H groups in total. The van der Waals surface area contributed by atoms with Gasteiger partial charge in [0.15, 0.2) is 5.71 Å². The Kier molecular flexibility index (Phi) is 6.16. The Morgan fingerprint density at radius 2 is 1.96 bits per heavy atom. The van der Waals surface area contributed by atoms with Crippen LogP contribution in [0.2, 0.25) is 0 Å². The molecule has 1 heterocycles. The molecule has 2 rings (SSSR count). The largest absolute Gasteiger partial charge is 0.472 e. The number of benzene rings is 1. The van der Waals surface area contributed by atoms with Gasteiger partial charge in [-0.3, -0.25) is 4.79 Å². The van der Waals surface area contributed by atoms with E-state index in [1.165, 1.54) is 26.4 Å². The minimum absolute atomic E-state index is 0.0220. The van der Waals surface area contributed by atoms with Gasteiger partial charge in [0.25, 0.3) is 5.91 Å². The van der Waals surface area contributed by atoms with Gasteiger partial charge in [-0.15, -0.1) is 0 Å². The molecule has 0 aliphatic carbocycles. The average Bonchev–Trinajstić information content (AvgIpc) is 2.63. The van der Waals surface area contributed by atoms with Crippen LogP contribution in [0.25, 0.3) is 0 Å². The van der Waals surface area contributed by atoms with Gasteiger partial charge in [0.2, 0.25) is 5.88 Å². The molecule has 0 bridgehead atoms. The molecular formula is C17H16F3N3O3. The minimum atomic E-state index is -4.59. The van der Waals surface area contributed by atoms with Crippen LogP contribution >= 0.6 is 0 Å². The van der Waals surface area contributed by atoms with E-state index in [9.17, 15) is 18.0 Å². The molecule has 1 amide bonds. The number of alkyl halides is 3. The Morgan fingerprint density at radius 1 is 1.23 bits per heavy atom. The number of amides is 1. The molecule has 0 saturated heterocycles. The highest BCUT2D eigenvalue weighted by molar-refractivity contribution is 6.45. The number of nitrogens with one attached hydrogen (secondary N) is 1. The van der Waals surface area contributed by atoms with Crippen molar-refractivity contribution in [3.63, 3.8) is 0 Å². The number of ether oxygens (including phenoxy) is 1. The molecule has 9 heteroatoms. The lowest BCUT2D eigenvalue weighted by molar-refractivity contribution is -0.139. The number of oxime groups is 1. The van der Waals surface area contributed by atoms with Crippen LogP contribution in [-0.2, 0) is 22.4 Å². The first kappa shape index (κ1) is 19.2. The normalized spacial score (nSPS) is 11.8. The van der Waals surface area contributed by atoms with Crippen molar-refractivity contribution < 1.29 is 27.5 Å². The predicted molar refractivity (Wildman–Crippen MR) is 87.6 cm³/mol. The summed E-state index contributed by atoms with van der Waals surface area (Å²) in [7, 11) is 2.71. The van der Waals surface area contributed by atoms with Gasteiger partial charge in [0.05, 0.1) is 0 Å². The van der Waals surface area contributed by atoms with E-state index < -0.39 is 23.5 Å². The maximum Gasteiger partial charge on any atom is 0.421 e. The molecule has 0 fully saturated rings. The summed E-state index contributed by atoms with van der Waals surface area (Å²) in [6, 6.07) is 8.60. The third-order valence-electron chi connectivity index (χ3n) is 3.34. The molecular weight excluding hydrogens is 351 g/mol. The van der Waals surface area contributed by atoms with Gasteiger partial charge < -0.3 is 14.9 Å². The zero-order chi connectivity index (χ0) is 19.2. The van der Waals surface area contributed by atoms with E-state index in [2.05, 4.69) is 20.3 Å². The van der Waals surface area contributed by atoms with Gasteiger partial charge in [0.1, 0.15) is 19.3 Å². The van der Waals surface area contributed by atoms with Crippen molar-refractivity contribution in [3.05, 3.63) is 59.3 Å². The fourth-order valence-corrected chi connectivity index (χ4v) is 2.17. The van der Waals surface area contributed by atoms with Crippen molar-refractivity contribution in [3.8, 4) is 5.88 Å². The first-order valence-electron chi connectivity index (χ1n) is 7.45. The van der Waals surface area contributed by atoms with Gasteiger partial charge in [-0.1, -0.05) is 29.4 Å². The number of hydrogen-bond donors (Lipinski definition) is 1. The van der Waals surface area contributed by atoms with Gasteiger partial charge >= 0.3 is 6.18 Å². The van der Waals surface area contributed by atoms with E-state index in [0.717, 1.165) is 6.07 Å². The van der Waals surface area contributed by atoms with Crippen molar-refractivity contribution in [2.24, 2.45) is 5.16 Å². The molecule has 0 aliphatic rings. The first-order chi connectivity index (χ1) is 12.4. The van der Waals surface area contributed by atoms with E-state index in [-0.39, 0.29) is 12.3 Å². The third-order valence-corrected chi connectivity index (χ3v) is 3.34. The number of nitrogens with zero attached hydrogens (tertiary/aromatic N) is 2. The Labute approximate surface area is 147 Å². The van der Waals surface area contributed by atoms with Crippen molar-refractivity contribution in [1.29, 1.82) is 0 Å². The SMILES string of the molecule is CNC(=O)/C(=N\OC)c1ccccc1COc1ncccc1C(F)(F)F. The van der Waals surface area contributed by atoms with Crippen molar-refractivity contribution in [1.82, 2.24) is 10.3 Å². The summed E-state index contributed by atoms with van der Waals surface area (Å²) in [5.74, 6) is -1.05. The van der Waals surface area contributed by atoms with E-state index in [4.69, 9.17) is 4.74 Å². The van der Waals surface area contributed by atoms with Crippen molar-refractivity contribution >= 4 is 11.6 Å². The van der Waals surface area contributed by atoms with Crippen LogP contribution in [-0.4, -0.2) is 30.8 Å². The van der Waals surface area contributed by atoms with E-state index >= 15 is 0 Å². The highest BCUT2D eigenvalue weighted by Crippen LogP contribution is 2.34. The van der Waals surface area contributed by atoms with Crippen LogP contribution in [0, 0.1) is 0 Å². The molecule has 0 unspecified atom stereocenters. The molecule has 0 radical (unpaired) electrons. The summed E-state index contributed by atoms with van der Waals surface area (Å²) in [4.78, 5) is 20.3. The lowest BCUT2D eigenvalue weighted by atomic mass is 10.0. The summed E-state index contributed by atoms with van der Waals surface area (Å²) < 4.78 is 44.3. The molecule has 0 aliphatic heterocycles. The second kappa shape index (κ2) is 8.32. The zero-order valence-electron chi connectivity index (χ0n) is 14.0. The molecule has 6 nitrogen and oxygen atoms in total. The van der Waals surface area contributed by atoms with Crippen LogP contribution in [0.1, 0.15) is 16.7 Å². The molecule has 1 aromatic carbocycles. The van der Waals surface area contributed by atoms with Gasteiger partial charge in [-0.25, -0.2) is 4.98 Å². The molecule has 0 spiro atoms. The molecule has 26 heavy (non-hydrogen) atoms. The Balaban J connectivity index is 2.33. The van der Waals surface area contributed by atoms with Crippen LogP contribution in [0.3, 0.4) is 0 Å². The van der Waals surface area contributed by atoms with Gasteiger partial charge in [-0.2, -0.15) is 13.2 Å². The molecule has 1 aromatic heterocycles. The summed E-state index contributed by atoms with van der Waals surface area (Å²) in [5, 5.41) is 6.12. The lowest BCUT2D eigenvalue weighted by Gasteiger charge is -2.14. The third kappa shape index (κ3) is 4.50. The monoisotopic (exact) mass is 367 g/mol. The van der Waals surface area contributed by atoms with Crippen LogP contribution in [0.5, 0.6) is 5.88 Å². The summed E-state index contributed by atoms with van der Waals surface area (Å²) >= 11 is 0. The number of pyridine rings is 1. The summed E-state index contributed by atoms with van der Waals surface area (Å²) in [6.07, 6.45) is -3.38. The molecule has 0 atom stereocenters. The Hall–Kier alpha value is -3.10. The maximum atomic E-state index is 13.0. The fraction of sp³-hybridized carbons (Fsp3) is 0.235. The summed E-state index contributed by atoms with van der Waals surface area (Å²) in [6.45, 7) is -0.240. The van der Waals surface area contributed by atoms with Crippen molar-refractivity contribution in [2.45, 2.75) is 12.8 Å². The van der Waals surface area contributed by atoms with Crippen LogP contribution in [0.15, 0.2) is 47.8 Å². The van der Waals surface area contributed by atoms with Gasteiger partial charge in [-0.05, 0) is 17.7 Å². The number of hydrogen-bond acceptors (Lipinski definition) is 5. The van der Waals surface area contributed by atoms with Crippen molar-refractivity contribution in [2.75, 3.05) is 14.2 Å². The van der Waals surface area contributed by atoms with Crippen LogP contribution < -0.4 is 10.1 Å². The molecule has 2 aromatic rings. The Morgan fingerprint density at radius 3 is 2.62 bits per heavy atom. The average molecular weight is 367 g/mol. The lowest BCUT2D eigenvalue weighted by Crippen LogP contribution is -2.29. The van der Waals surface area contributed by atoms with Gasteiger partial charge in [0, 0.05) is 18.8 Å². The topological polar surface area (TPSA) is 72.8 Å². The quantitative estimate of drug-likeness (QED) is 0.629. The number of aromatic nitrogens is 1. The number of carbonyl (C=O) groups is 1. The standard InChI is InChI=1S/C17H16F3N3O3/c1-21-15(24)14(23-25-2)12-7-4-3-6-11(12)10-26-16-13(17(18,19)20)8-5-9-22-16/h3-9H,10H2,1-2H3,(H,21,24)/b23-14-. The number of rotatable bonds is 6. The first-order valence-corrected chi connectivity index (χ1v) is 7.45. The second-order valence-corrected chi connectivity index (χ2v) is 5.00. The van der Waals surface area contributed by atoms with E-state index in [1.54, 1.807) is 24.3 Å². The van der Waals surface area contributed by atoms with E-state index in [1.807, 2.05) is 0 Å². The smallest absolute Gasteiger partial charge is 0.421 e. The summed E-state index contributed by atoms with van der Waals surface area (Å²) in [5.41, 5.74) is -0.176. The number of halogens is 3. The number of carbonyl (C=O) groups excluding carboxylic acids is 1. The highest BCUT2D eigenvalue weighted by Gasteiger charge is 2.35. The second-order valence-electron chi connectivity index (χ2n) is 5.00. The fourth-order valence-electron chi connectivity index (χ4n) is 2.17. The predicted octanol–water partition coefficient (Wildman–Crippen LogP) is 2.78. The zero-order valence-corrected chi connectivity index (χ0v) is 14.0.